The maximum Gasteiger partial charge on any atom is 0.472 e. The minimum Gasteiger partial charge on any atom is -0.462 e. The Labute approximate surface area is 588 Å². The van der Waals surface area contributed by atoms with E-state index in [-0.39, 0.29) is 25.7 Å². The van der Waals surface area contributed by atoms with Crippen molar-refractivity contribution in [2.24, 2.45) is 17.8 Å². The first-order valence-electron chi connectivity index (χ1n) is 39.9. The van der Waals surface area contributed by atoms with Gasteiger partial charge in [-0.15, -0.1) is 0 Å². The molecule has 17 nitrogen and oxygen atoms in total. The molecular formula is C77H150O17P2. The second-order valence-corrected chi connectivity index (χ2v) is 31.8. The molecule has 0 saturated heterocycles. The van der Waals surface area contributed by atoms with Crippen LogP contribution >= 0.6 is 15.6 Å². The van der Waals surface area contributed by atoms with Gasteiger partial charge in [0.1, 0.15) is 19.3 Å². The van der Waals surface area contributed by atoms with Crippen LogP contribution in [0.5, 0.6) is 0 Å². The van der Waals surface area contributed by atoms with Gasteiger partial charge in [0.2, 0.25) is 0 Å². The third kappa shape index (κ3) is 69.2. The Morgan fingerprint density at radius 3 is 0.792 bits per heavy atom. The van der Waals surface area contributed by atoms with E-state index in [1.807, 2.05) is 0 Å². The molecule has 19 heteroatoms. The molecule has 0 aromatic heterocycles. The minimum absolute atomic E-state index is 0.103. The van der Waals surface area contributed by atoms with Crippen LogP contribution in [0.1, 0.15) is 395 Å². The highest BCUT2D eigenvalue weighted by Crippen LogP contribution is 2.45. The molecule has 0 aliphatic carbocycles. The quantitative estimate of drug-likeness (QED) is 0.0222. The molecule has 3 unspecified atom stereocenters. The van der Waals surface area contributed by atoms with Crippen molar-refractivity contribution in [1.82, 2.24) is 0 Å². The van der Waals surface area contributed by atoms with Crippen LogP contribution in [0.2, 0.25) is 0 Å². The normalized spacial score (nSPS) is 14.3. The number of ether oxygens (including phenoxy) is 4. The molecule has 0 aliphatic rings. The largest absolute Gasteiger partial charge is 0.472 e. The number of unbranched alkanes of at least 4 members (excludes halogenated alkanes) is 42. The zero-order valence-corrected chi connectivity index (χ0v) is 64.6. The molecule has 0 aliphatic heterocycles. The lowest BCUT2D eigenvalue weighted by Gasteiger charge is -2.21. The molecule has 0 saturated carbocycles. The van der Waals surface area contributed by atoms with Crippen molar-refractivity contribution in [2.75, 3.05) is 39.6 Å². The lowest BCUT2D eigenvalue weighted by Crippen LogP contribution is -2.30. The summed E-state index contributed by atoms with van der Waals surface area (Å²) < 4.78 is 68.5. The number of esters is 4. The number of phosphoric acid groups is 2. The van der Waals surface area contributed by atoms with E-state index in [0.717, 1.165) is 114 Å². The van der Waals surface area contributed by atoms with Crippen molar-refractivity contribution in [3.05, 3.63) is 0 Å². The van der Waals surface area contributed by atoms with Crippen molar-refractivity contribution in [1.29, 1.82) is 0 Å². The minimum atomic E-state index is -4.96. The Morgan fingerprint density at radius 2 is 0.531 bits per heavy atom. The summed E-state index contributed by atoms with van der Waals surface area (Å²) in [4.78, 5) is 72.8. The second-order valence-electron chi connectivity index (χ2n) is 28.9. The molecule has 0 spiro atoms. The van der Waals surface area contributed by atoms with E-state index in [4.69, 9.17) is 37.0 Å². The molecule has 0 heterocycles. The first-order chi connectivity index (χ1) is 46.3. The van der Waals surface area contributed by atoms with Crippen LogP contribution in [0.4, 0.5) is 0 Å². The van der Waals surface area contributed by atoms with Gasteiger partial charge in [-0.05, 0) is 43.4 Å². The average Bonchev–Trinajstić information content (AvgIpc) is 1.44. The fourth-order valence-electron chi connectivity index (χ4n) is 11.7. The van der Waals surface area contributed by atoms with Crippen LogP contribution in [0.25, 0.3) is 0 Å². The van der Waals surface area contributed by atoms with Crippen LogP contribution in [0, 0.1) is 17.8 Å². The fraction of sp³-hybridized carbons (Fsp3) is 0.948. The number of hydrogen-bond acceptors (Lipinski definition) is 15. The van der Waals surface area contributed by atoms with Crippen LogP contribution in [0.3, 0.4) is 0 Å². The van der Waals surface area contributed by atoms with Gasteiger partial charge < -0.3 is 33.8 Å². The predicted molar refractivity (Wildman–Crippen MR) is 391 cm³/mol. The highest BCUT2D eigenvalue weighted by molar-refractivity contribution is 7.47. The monoisotopic (exact) mass is 1410 g/mol. The number of phosphoric ester groups is 2. The second kappa shape index (κ2) is 67.5. The van der Waals surface area contributed by atoms with E-state index in [9.17, 15) is 43.2 Å². The summed E-state index contributed by atoms with van der Waals surface area (Å²) in [6, 6.07) is 0. The van der Waals surface area contributed by atoms with E-state index < -0.39 is 97.5 Å². The van der Waals surface area contributed by atoms with Crippen LogP contribution in [0.15, 0.2) is 0 Å². The Hall–Kier alpha value is -1.94. The molecule has 570 valence electrons. The Morgan fingerprint density at radius 1 is 0.302 bits per heavy atom. The highest BCUT2D eigenvalue weighted by atomic mass is 31.2. The number of carbonyl (C=O) groups is 4. The zero-order chi connectivity index (χ0) is 70.9. The average molecular weight is 1410 g/mol. The van der Waals surface area contributed by atoms with Gasteiger partial charge in [0, 0.05) is 25.7 Å². The van der Waals surface area contributed by atoms with Gasteiger partial charge in [-0.2, -0.15) is 0 Å². The molecule has 96 heavy (non-hydrogen) atoms. The van der Waals surface area contributed by atoms with Crippen LogP contribution < -0.4 is 0 Å². The van der Waals surface area contributed by atoms with E-state index in [2.05, 4.69) is 48.5 Å². The Bertz CT molecular complexity index is 1870. The zero-order valence-electron chi connectivity index (χ0n) is 62.8. The van der Waals surface area contributed by atoms with Crippen LogP contribution in [-0.4, -0.2) is 96.7 Å². The maximum atomic E-state index is 13.1. The van der Waals surface area contributed by atoms with Crippen molar-refractivity contribution in [3.63, 3.8) is 0 Å². The smallest absolute Gasteiger partial charge is 0.462 e. The number of aliphatic hydroxyl groups is 1. The van der Waals surface area contributed by atoms with Crippen molar-refractivity contribution >= 4 is 39.5 Å². The van der Waals surface area contributed by atoms with Crippen molar-refractivity contribution in [2.45, 2.75) is 414 Å². The lowest BCUT2D eigenvalue weighted by atomic mass is 10.00. The molecule has 0 bridgehead atoms. The molecule has 0 aromatic carbocycles. The summed E-state index contributed by atoms with van der Waals surface area (Å²) in [5, 5.41) is 10.6. The molecule has 0 aromatic rings. The van der Waals surface area contributed by atoms with Gasteiger partial charge >= 0.3 is 39.5 Å². The van der Waals surface area contributed by atoms with E-state index in [1.54, 1.807) is 0 Å². The summed E-state index contributed by atoms with van der Waals surface area (Å²) in [6.07, 6.45) is 54.4. The highest BCUT2D eigenvalue weighted by Gasteiger charge is 2.30. The molecule has 0 amide bonds. The summed E-state index contributed by atoms with van der Waals surface area (Å²) in [5.41, 5.74) is 0. The lowest BCUT2D eigenvalue weighted by molar-refractivity contribution is -0.161. The van der Waals surface area contributed by atoms with E-state index in [1.165, 1.54) is 199 Å². The molecule has 3 N–H and O–H groups in total. The standard InChI is InChI=1S/C77H150O17P2/c1-8-10-11-12-13-14-15-16-17-18-19-20-21-22-23-24-25-26-31-37-46-53-60-76(81)93-72(64-87-74(79)58-51-44-36-30-28-27-29-34-41-48-55-68(3)4)66-91-95(83,84)89-62-71(78)63-90-96(85,86)92-67-73(65-88-75(80)59-52-45-40-39-43-50-57-70(7)9-2)94-77(82)61-54-47-38-33-32-35-42-49-56-69(5)6/h68-73,78H,8-67H2,1-7H3,(H,83,84)(H,85,86)/t70?,71-,72-,73-/m1/s1. The Balaban J connectivity index is 5.19. The maximum absolute atomic E-state index is 13.1. The third-order valence-electron chi connectivity index (χ3n) is 18.2. The van der Waals surface area contributed by atoms with E-state index in [0.29, 0.717) is 25.7 Å². The molecule has 0 rings (SSSR count). The third-order valence-corrected chi connectivity index (χ3v) is 20.1. The van der Waals surface area contributed by atoms with Gasteiger partial charge in [0.25, 0.3) is 0 Å². The number of rotatable bonds is 75. The topological polar surface area (TPSA) is 237 Å². The van der Waals surface area contributed by atoms with Crippen LogP contribution in [-0.2, 0) is 65.4 Å². The predicted octanol–water partition coefficient (Wildman–Crippen LogP) is 22.6. The molecule has 0 radical (unpaired) electrons. The number of hydrogen-bond donors (Lipinski definition) is 3. The summed E-state index contributed by atoms with van der Waals surface area (Å²) in [6.45, 7) is 11.8. The fourth-order valence-corrected chi connectivity index (χ4v) is 13.3. The number of carbonyl (C=O) groups excluding carboxylic acids is 4. The summed E-state index contributed by atoms with van der Waals surface area (Å²) >= 11 is 0. The van der Waals surface area contributed by atoms with Gasteiger partial charge in [0.15, 0.2) is 12.2 Å². The molecule has 6 atom stereocenters. The van der Waals surface area contributed by atoms with E-state index >= 15 is 0 Å². The van der Waals surface area contributed by atoms with Gasteiger partial charge in [-0.25, -0.2) is 9.13 Å². The van der Waals surface area contributed by atoms with Crippen molar-refractivity contribution < 1.29 is 80.2 Å². The molecular weight excluding hydrogens is 1260 g/mol. The van der Waals surface area contributed by atoms with Crippen molar-refractivity contribution in [3.8, 4) is 0 Å². The molecule has 0 fully saturated rings. The first-order valence-corrected chi connectivity index (χ1v) is 42.9. The summed E-state index contributed by atoms with van der Waals surface area (Å²) in [5.74, 6) is 0.0855. The van der Waals surface area contributed by atoms with Gasteiger partial charge in [-0.3, -0.25) is 37.3 Å². The Kier molecular flexibility index (Phi) is 66.2. The van der Waals surface area contributed by atoms with Gasteiger partial charge in [-0.1, -0.05) is 344 Å². The van der Waals surface area contributed by atoms with Gasteiger partial charge in [0.05, 0.1) is 26.4 Å². The summed E-state index contributed by atoms with van der Waals surface area (Å²) in [7, 11) is -9.91. The SMILES string of the molecule is CCCCCCCCCCCCCCCCCCCCCCCCC(=O)O[C@H](COC(=O)CCCCCCCCCCCCC(C)C)COP(=O)(O)OC[C@@H](O)COP(=O)(O)OC[C@@H](COC(=O)CCCCCCCCC(C)CC)OC(=O)CCCCCCCCCCC(C)C. The first kappa shape index (κ1) is 94.1. The number of aliphatic hydroxyl groups excluding tert-OH is 1.